The van der Waals surface area contributed by atoms with Crippen LogP contribution in [-0.2, 0) is 16.0 Å². The molecular formula is C30H44N2O4. The van der Waals surface area contributed by atoms with Crippen LogP contribution in [0.1, 0.15) is 119 Å². The molecule has 0 aliphatic heterocycles. The lowest BCUT2D eigenvalue weighted by molar-refractivity contribution is -0.137. The van der Waals surface area contributed by atoms with Crippen LogP contribution in [0.5, 0.6) is 0 Å². The van der Waals surface area contributed by atoms with Gasteiger partial charge in [0, 0.05) is 35.9 Å². The number of benzene rings is 1. The topological polar surface area (TPSA) is 92.4 Å². The molecule has 1 amide bonds. The third-order valence-electron chi connectivity index (χ3n) is 7.32. The van der Waals surface area contributed by atoms with Gasteiger partial charge in [0.25, 0.3) is 0 Å². The summed E-state index contributed by atoms with van der Waals surface area (Å²) < 4.78 is 5.97. The second kappa shape index (κ2) is 12.1. The van der Waals surface area contributed by atoms with Crippen molar-refractivity contribution in [2.24, 2.45) is 11.3 Å². The van der Waals surface area contributed by atoms with Crippen molar-refractivity contribution in [1.82, 2.24) is 5.16 Å². The Bertz CT molecular complexity index is 1040. The van der Waals surface area contributed by atoms with E-state index in [1.807, 2.05) is 32.0 Å². The highest BCUT2D eigenvalue weighted by molar-refractivity contribution is 5.92. The van der Waals surface area contributed by atoms with Crippen LogP contribution >= 0.6 is 0 Å². The highest BCUT2D eigenvalue weighted by atomic mass is 16.5. The average molecular weight is 497 g/mol. The predicted molar refractivity (Wildman–Crippen MR) is 143 cm³/mol. The first-order valence-electron chi connectivity index (χ1n) is 13.5. The molecule has 1 fully saturated rings. The fourth-order valence-corrected chi connectivity index (χ4v) is 5.58. The van der Waals surface area contributed by atoms with Crippen molar-refractivity contribution in [2.45, 2.75) is 111 Å². The molecule has 36 heavy (non-hydrogen) atoms. The maximum absolute atomic E-state index is 13.1. The van der Waals surface area contributed by atoms with E-state index >= 15 is 0 Å². The number of unbranched alkanes of at least 4 members (excludes halogenated alkanes) is 1. The van der Waals surface area contributed by atoms with Gasteiger partial charge in [0.1, 0.15) is 5.76 Å². The summed E-state index contributed by atoms with van der Waals surface area (Å²) in [6, 6.07) is 5.93. The molecule has 1 aromatic carbocycles. The Kier molecular flexibility index (Phi) is 9.37. The first kappa shape index (κ1) is 27.9. The monoisotopic (exact) mass is 496 g/mol. The van der Waals surface area contributed by atoms with E-state index in [1.54, 1.807) is 0 Å². The molecular weight excluding hydrogens is 452 g/mol. The number of hydrogen-bond acceptors (Lipinski definition) is 4. The zero-order chi connectivity index (χ0) is 26.5. The van der Waals surface area contributed by atoms with Crippen LogP contribution in [0.25, 0.3) is 0 Å². The number of aromatic nitrogens is 1. The van der Waals surface area contributed by atoms with Crippen LogP contribution in [0.3, 0.4) is 0 Å². The average Bonchev–Trinajstić information content (AvgIpc) is 3.16. The Morgan fingerprint density at radius 2 is 1.94 bits per heavy atom. The molecule has 6 heteroatoms. The van der Waals surface area contributed by atoms with Crippen LogP contribution in [-0.4, -0.2) is 22.1 Å². The van der Waals surface area contributed by atoms with Crippen LogP contribution in [0.2, 0.25) is 0 Å². The number of carboxylic acids is 1. The third-order valence-corrected chi connectivity index (χ3v) is 7.32. The minimum atomic E-state index is -0.863. The minimum Gasteiger partial charge on any atom is -0.481 e. The first-order chi connectivity index (χ1) is 17.0. The number of anilines is 1. The molecule has 1 heterocycles. The smallest absolute Gasteiger partial charge is 0.303 e. The van der Waals surface area contributed by atoms with Gasteiger partial charge in [-0.3, -0.25) is 9.59 Å². The number of nitrogens with one attached hydrogen (secondary N) is 1. The normalized spacial score (nSPS) is 18.5. The number of aliphatic carboxylic acids is 1. The molecule has 1 aromatic heterocycles. The second-order valence-electron chi connectivity index (χ2n) is 12.0. The Hall–Kier alpha value is -2.63. The fraction of sp³-hybridized carbons (Fsp3) is 0.633. The summed E-state index contributed by atoms with van der Waals surface area (Å²) in [7, 11) is 0. The quantitative estimate of drug-likeness (QED) is 0.317. The predicted octanol–water partition coefficient (Wildman–Crippen LogP) is 7.54. The van der Waals surface area contributed by atoms with Gasteiger partial charge < -0.3 is 14.9 Å². The third kappa shape index (κ3) is 7.68. The molecule has 1 aliphatic carbocycles. The molecule has 2 N–H and O–H groups in total. The van der Waals surface area contributed by atoms with Crippen LogP contribution < -0.4 is 5.32 Å². The lowest BCUT2D eigenvalue weighted by Crippen LogP contribution is -2.26. The van der Waals surface area contributed by atoms with Gasteiger partial charge in [0.2, 0.25) is 5.91 Å². The highest BCUT2D eigenvalue weighted by Crippen LogP contribution is 2.48. The van der Waals surface area contributed by atoms with Crippen molar-refractivity contribution in [3.8, 4) is 0 Å². The van der Waals surface area contributed by atoms with Crippen molar-refractivity contribution in [2.75, 3.05) is 5.32 Å². The lowest BCUT2D eigenvalue weighted by Gasteiger charge is -2.38. The fourth-order valence-electron chi connectivity index (χ4n) is 5.58. The summed E-state index contributed by atoms with van der Waals surface area (Å²) in [5.41, 5.74) is 5.15. The van der Waals surface area contributed by atoms with Crippen molar-refractivity contribution in [3.63, 3.8) is 0 Å². The molecule has 3 rings (SSSR count). The maximum Gasteiger partial charge on any atom is 0.303 e. The molecule has 1 aliphatic rings. The Morgan fingerprint density at radius 3 is 2.56 bits per heavy atom. The summed E-state index contributed by atoms with van der Waals surface area (Å²) >= 11 is 0. The minimum absolute atomic E-state index is 0.00595. The van der Waals surface area contributed by atoms with Crippen LogP contribution in [0.15, 0.2) is 22.7 Å². The van der Waals surface area contributed by atoms with Crippen molar-refractivity contribution >= 4 is 17.6 Å². The molecule has 0 radical (unpaired) electrons. The van der Waals surface area contributed by atoms with E-state index in [0.717, 1.165) is 65.9 Å². The second-order valence-corrected chi connectivity index (χ2v) is 12.0. The van der Waals surface area contributed by atoms with Gasteiger partial charge in [-0.15, -0.1) is 0 Å². The molecule has 1 saturated carbocycles. The maximum atomic E-state index is 13.1. The summed E-state index contributed by atoms with van der Waals surface area (Å²) in [4.78, 5) is 24.5. The number of carbonyl (C=O) groups is 2. The van der Waals surface area contributed by atoms with E-state index in [4.69, 9.17) is 4.52 Å². The van der Waals surface area contributed by atoms with Crippen molar-refractivity contribution in [1.29, 1.82) is 0 Å². The molecule has 0 bridgehead atoms. The molecule has 1 atom stereocenters. The number of hydrogen-bond donors (Lipinski definition) is 2. The summed E-state index contributed by atoms with van der Waals surface area (Å²) in [6.45, 7) is 13.0. The number of amides is 1. The number of nitrogens with zero attached hydrogens (tertiary/aromatic N) is 1. The zero-order valence-corrected chi connectivity index (χ0v) is 22.9. The van der Waals surface area contributed by atoms with E-state index in [1.165, 1.54) is 6.42 Å². The molecule has 0 saturated heterocycles. The van der Waals surface area contributed by atoms with E-state index in [2.05, 4.69) is 38.2 Å². The van der Waals surface area contributed by atoms with Gasteiger partial charge in [-0.25, -0.2) is 0 Å². The number of aryl methyl sites for hydroxylation is 2. The van der Waals surface area contributed by atoms with E-state index in [0.29, 0.717) is 23.7 Å². The van der Waals surface area contributed by atoms with E-state index < -0.39 is 5.97 Å². The lowest BCUT2D eigenvalue weighted by atomic mass is 9.67. The standard InChI is InChI=1S/C30H44N2O4/c1-7-8-9-24-28(32-36-29(24)23-15-21(16-23)18-30(4,5)6)22(11-13-27(34)35)17-26(33)31-25-12-10-19(2)14-20(25)3/h10,12,14,21-23H,7-9,11,13,15-18H2,1-6H3,(H,31,33)(H,34,35). The molecule has 6 nitrogen and oxygen atoms in total. The summed E-state index contributed by atoms with van der Waals surface area (Å²) in [6.07, 6.45) is 6.88. The Balaban J connectivity index is 1.80. The largest absolute Gasteiger partial charge is 0.481 e. The van der Waals surface area contributed by atoms with E-state index in [9.17, 15) is 14.7 Å². The molecule has 198 valence electrons. The van der Waals surface area contributed by atoms with Crippen molar-refractivity contribution in [3.05, 3.63) is 46.3 Å². The Morgan fingerprint density at radius 1 is 1.22 bits per heavy atom. The van der Waals surface area contributed by atoms with Crippen LogP contribution in [0.4, 0.5) is 5.69 Å². The van der Waals surface area contributed by atoms with Gasteiger partial charge in [-0.2, -0.15) is 0 Å². The molecule has 1 unspecified atom stereocenters. The Labute approximate surface area is 216 Å². The molecule has 0 spiro atoms. The van der Waals surface area contributed by atoms with Gasteiger partial charge in [-0.1, -0.05) is 57.0 Å². The number of carbonyl (C=O) groups excluding carboxylic acids is 1. The first-order valence-corrected chi connectivity index (χ1v) is 13.5. The zero-order valence-electron chi connectivity index (χ0n) is 22.9. The number of rotatable bonds is 12. The summed E-state index contributed by atoms with van der Waals surface area (Å²) in [5.74, 6) is 0.763. The highest BCUT2D eigenvalue weighted by Gasteiger charge is 2.38. The SMILES string of the molecule is CCCCc1c(C(CCC(=O)O)CC(=O)Nc2ccc(C)cc2C)noc1C1CC(CC(C)(C)C)C1. The van der Waals surface area contributed by atoms with Crippen LogP contribution in [0, 0.1) is 25.2 Å². The van der Waals surface area contributed by atoms with Crippen molar-refractivity contribution < 1.29 is 19.2 Å². The van der Waals surface area contributed by atoms with Gasteiger partial charge in [-0.05, 0) is 75.3 Å². The van der Waals surface area contributed by atoms with Gasteiger partial charge in [0.05, 0.1) is 5.69 Å². The van der Waals surface area contributed by atoms with Gasteiger partial charge >= 0.3 is 5.97 Å². The number of carboxylic acid groups (broad SMARTS) is 1. The summed E-state index contributed by atoms with van der Waals surface area (Å²) in [5, 5.41) is 16.9. The van der Waals surface area contributed by atoms with E-state index in [-0.39, 0.29) is 24.7 Å². The van der Waals surface area contributed by atoms with Gasteiger partial charge in [0.15, 0.2) is 0 Å². The molecule has 2 aromatic rings.